The molecule has 0 spiro atoms. The molecule has 0 aliphatic carbocycles. The standard InChI is InChI=1S/C19H26OSSi/c1-13(2)15-8-7-11-18(19(15)14(3)4)22-12-21-17-10-6-5-9-16(17)20/h5-11,13-14,20H,12,22H2,1-4H3. The van der Waals surface area contributed by atoms with E-state index in [-0.39, 0.29) is 9.52 Å². The predicted molar refractivity (Wildman–Crippen MR) is 102 cm³/mol. The molecule has 0 radical (unpaired) electrons. The van der Waals surface area contributed by atoms with Crippen LogP contribution in [0.3, 0.4) is 0 Å². The van der Waals surface area contributed by atoms with Crippen LogP contribution in [0.2, 0.25) is 0 Å². The summed E-state index contributed by atoms with van der Waals surface area (Å²) in [4.78, 5) is 1.00. The lowest BCUT2D eigenvalue weighted by Gasteiger charge is -2.20. The summed E-state index contributed by atoms with van der Waals surface area (Å²) in [6.45, 7) is 9.16. The molecule has 2 aromatic rings. The fraction of sp³-hybridized carbons (Fsp3) is 0.368. The lowest BCUT2D eigenvalue weighted by atomic mass is 9.91. The summed E-state index contributed by atoms with van der Waals surface area (Å²) >= 11 is 1.79. The van der Waals surface area contributed by atoms with Crippen LogP contribution in [0.5, 0.6) is 5.75 Å². The lowest BCUT2D eigenvalue weighted by Crippen LogP contribution is -2.24. The summed E-state index contributed by atoms with van der Waals surface area (Å²) in [5.74, 6) is 1.56. The lowest BCUT2D eigenvalue weighted by molar-refractivity contribution is 0.462. The first-order valence-electron chi connectivity index (χ1n) is 8.03. The van der Waals surface area contributed by atoms with Crippen LogP contribution in [0.15, 0.2) is 47.4 Å². The Kier molecular flexibility index (Phi) is 6.15. The van der Waals surface area contributed by atoms with Gasteiger partial charge < -0.3 is 5.11 Å². The molecular weight excluding hydrogens is 304 g/mol. The van der Waals surface area contributed by atoms with Crippen molar-refractivity contribution in [1.82, 2.24) is 0 Å². The van der Waals surface area contributed by atoms with Crippen molar-refractivity contribution in [3.05, 3.63) is 53.6 Å². The molecule has 0 aliphatic rings. The number of hydrogen-bond acceptors (Lipinski definition) is 2. The topological polar surface area (TPSA) is 20.2 Å². The molecule has 2 rings (SSSR count). The van der Waals surface area contributed by atoms with Crippen molar-refractivity contribution in [1.29, 1.82) is 0 Å². The maximum absolute atomic E-state index is 9.86. The normalized spacial score (nSPS) is 11.9. The minimum Gasteiger partial charge on any atom is -0.507 e. The van der Waals surface area contributed by atoms with E-state index in [1.165, 1.54) is 5.56 Å². The molecule has 1 nitrogen and oxygen atoms in total. The molecular formula is C19H26OSSi. The molecule has 0 aliphatic heterocycles. The van der Waals surface area contributed by atoms with Crippen molar-refractivity contribution < 1.29 is 5.11 Å². The smallest absolute Gasteiger partial charge is 0.129 e. The molecule has 0 bridgehead atoms. The van der Waals surface area contributed by atoms with E-state index in [1.54, 1.807) is 28.6 Å². The van der Waals surface area contributed by atoms with E-state index in [1.807, 2.05) is 18.2 Å². The highest BCUT2D eigenvalue weighted by molar-refractivity contribution is 8.00. The van der Waals surface area contributed by atoms with Crippen LogP contribution in [-0.2, 0) is 0 Å². The Labute approximate surface area is 141 Å². The third-order valence-corrected chi connectivity index (χ3v) is 7.37. The van der Waals surface area contributed by atoms with E-state index >= 15 is 0 Å². The van der Waals surface area contributed by atoms with Crippen LogP contribution in [0.4, 0.5) is 0 Å². The van der Waals surface area contributed by atoms with Gasteiger partial charge in [0, 0.05) is 4.90 Å². The third kappa shape index (κ3) is 4.17. The minimum absolute atomic E-state index is 0.344. The van der Waals surface area contributed by atoms with Crippen molar-refractivity contribution in [2.24, 2.45) is 0 Å². The summed E-state index contributed by atoms with van der Waals surface area (Å²) in [7, 11) is -0.344. The van der Waals surface area contributed by atoms with Gasteiger partial charge in [0.2, 0.25) is 0 Å². The molecule has 0 saturated carbocycles. The number of rotatable bonds is 6. The Balaban J connectivity index is 2.13. The van der Waals surface area contributed by atoms with E-state index in [0.29, 0.717) is 17.6 Å². The first-order valence-corrected chi connectivity index (χ1v) is 10.7. The quantitative estimate of drug-likeness (QED) is 0.633. The van der Waals surface area contributed by atoms with Crippen LogP contribution >= 0.6 is 11.8 Å². The summed E-state index contributed by atoms with van der Waals surface area (Å²) in [6, 6.07) is 14.5. The fourth-order valence-corrected chi connectivity index (χ4v) is 6.65. The minimum atomic E-state index is -0.344. The number of para-hydroxylation sites is 1. The van der Waals surface area contributed by atoms with E-state index in [9.17, 15) is 5.11 Å². The van der Waals surface area contributed by atoms with Gasteiger partial charge in [-0.3, -0.25) is 0 Å². The van der Waals surface area contributed by atoms with E-state index in [0.717, 1.165) is 10.3 Å². The maximum Gasteiger partial charge on any atom is 0.129 e. The molecule has 3 heteroatoms. The van der Waals surface area contributed by atoms with E-state index < -0.39 is 0 Å². The fourth-order valence-electron chi connectivity index (χ4n) is 2.91. The number of aromatic hydroxyl groups is 1. The van der Waals surface area contributed by atoms with Crippen molar-refractivity contribution >= 4 is 26.5 Å². The van der Waals surface area contributed by atoms with Gasteiger partial charge in [0.15, 0.2) is 0 Å². The molecule has 1 N–H and O–H groups in total. The molecule has 2 aromatic carbocycles. The molecule has 0 heterocycles. The van der Waals surface area contributed by atoms with Crippen molar-refractivity contribution in [2.45, 2.75) is 44.4 Å². The predicted octanol–water partition coefficient (Wildman–Crippen LogP) is 4.18. The van der Waals surface area contributed by atoms with Gasteiger partial charge in [-0.15, -0.1) is 11.8 Å². The van der Waals surface area contributed by atoms with Gasteiger partial charge >= 0.3 is 0 Å². The number of hydrogen-bond donors (Lipinski definition) is 1. The largest absolute Gasteiger partial charge is 0.507 e. The highest BCUT2D eigenvalue weighted by Gasteiger charge is 2.14. The van der Waals surface area contributed by atoms with E-state index in [2.05, 4.69) is 45.9 Å². The van der Waals surface area contributed by atoms with Gasteiger partial charge in [0.05, 0.1) is 9.52 Å². The Bertz CT molecular complexity index is 623. The molecule has 22 heavy (non-hydrogen) atoms. The second-order valence-corrected chi connectivity index (χ2v) is 9.92. The maximum atomic E-state index is 9.86. The summed E-state index contributed by atoms with van der Waals surface area (Å²) in [5, 5.41) is 12.6. The highest BCUT2D eigenvalue weighted by atomic mass is 32.2. The summed E-state index contributed by atoms with van der Waals surface area (Å²) in [5.41, 5.74) is 3.08. The Morgan fingerprint density at radius 1 is 0.955 bits per heavy atom. The number of benzene rings is 2. The van der Waals surface area contributed by atoms with Gasteiger partial charge in [-0.1, -0.05) is 63.2 Å². The molecule has 0 atom stereocenters. The van der Waals surface area contributed by atoms with Crippen LogP contribution in [-0.4, -0.2) is 20.0 Å². The zero-order chi connectivity index (χ0) is 16.1. The molecule has 118 valence electrons. The SMILES string of the molecule is CC(C)c1cccc([SiH2]CSc2ccccc2O)c1C(C)C. The van der Waals surface area contributed by atoms with E-state index in [4.69, 9.17) is 0 Å². The zero-order valence-electron chi connectivity index (χ0n) is 14.0. The second kappa shape index (κ2) is 7.89. The van der Waals surface area contributed by atoms with Crippen LogP contribution in [0.1, 0.15) is 50.7 Å². The Morgan fingerprint density at radius 3 is 2.32 bits per heavy atom. The molecule has 0 saturated heterocycles. The number of phenolic OH excluding ortho intramolecular Hbond substituents is 1. The van der Waals surface area contributed by atoms with Crippen molar-refractivity contribution in [3.63, 3.8) is 0 Å². The summed E-state index contributed by atoms with van der Waals surface area (Å²) < 4.78 is 0. The Morgan fingerprint density at radius 2 is 1.68 bits per heavy atom. The zero-order valence-corrected chi connectivity index (χ0v) is 16.2. The van der Waals surface area contributed by atoms with Gasteiger partial charge in [-0.05, 0) is 40.5 Å². The number of phenols is 1. The highest BCUT2D eigenvalue weighted by Crippen LogP contribution is 2.28. The molecule has 0 amide bonds. The van der Waals surface area contributed by atoms with Crippen molar-refractivity contribution in [2.75, 3.05) is 5.38 Å². The van der Waals surface area contributed by atoms with Gasteiger partial charge in [-0.25, -0.2) is 0 Å². The monoisotopic (exact) mass is 330 g/mol. The Hall–Kier alpha value is -1.19. The van der Waals surface area contributed by atoms with Gasteiger partial charge in [-0.2, -0.15) is 0 Å². The molecule has 0 fully saturated rings. The van der Waals surface area contributed by atoms with Crippen LogP contribution < -0.4 is 5.19 Å². The third-order valence-electron chi connectivity index (χ3n) is 3.92. The molecule has 0 aromatic heterocycles. The second-order valence-electron chi connectivity index (χ2n) is 6.30. The van der Waals surface area contributed by atoms with Crippen molar-refractivity contribution in [3.8, 4) is 5.75 Å². The van der Waals surface area contributed by atoms with Crippen LogP contribution in [0, 0.1) is 0 Å². The van der Waals surface area contributed by atoms with Gasteiger partial charge in [0.25, 0.3) is 0 Å². The average molecular weight is 331 g/mol. The first-order chi connectivity index (χ1) is 10.5. The summed E-state index contributed by atoms with van der Waals surface area (Å²) in [6.07, 6.45) is 0. The van der Waals surface area contributed by atoms with Gasteiger partial charge in [0.1, 0.15) is 5.75 Å². The van der Waals surface area contributed by atoms with Crippen LogP contribution in [0.25, 0.3) is 0 Å². The first kappa shape index (κ1) is 17.2. The average Bonchev–Trinajstić information content (AvgIpc) is 2.48. The number of thioether (sulfide) groups is 1. The molecule has 0 unspecified atom stereocenters.